The third-order valence-corrected chi connectivity index (χ3v) is 5.35. The van der Waals surface area contributed by atoms with E-state index >= 15 is 0 Å². The summed E-state index contributed by atoms with van der Waals surface area (Å²) < 4.78 is 5.15. The maximum Gasteiger partial charge on any atom is 0.407 e. The molecule has 4 amide bonds. The van der Waals surface area contributed by atoms with E-state index in [1.165, 1.54) is 0 Å². The summed E-state index contributed by atoms with van der Waals surface area (Å²) in [5.41, 5.74) is -0.570. The van der Waals surface area contributed by atoms with Gasteiger partial charge in [0.1, 0.15) is 5.60 Å². The first kappa shape index (κ1) is 24.0. The van der Waals surface area contributed by atoms with Crippen LogP contribution in [0.2, 0.25) is 0 Å². The first-order valence-electron chi connectivity index (χ1n) is 10.8. The minimum atomic E-state index is -0.570. The van der Waals surface area contributed by atoms with E-state index in [2.05, 4.69) is 10.6 Å². The Bertz CT molecular complexity index is 650. The summed E-state index contributed by atoms with van der Waals surface area (Å²) in [7, 11) is 0. The van der Waals surface area contributed by atoms with Crippen LogP contribution in [0.15, 0.2) is 0 Å². The number of rotatable bonds is 6. The molecule has 2 N–H and O–H groups in total. The molecule has 0 aliphatic carbocycles. The van der Waals surface area contributed by atoms with Crippen LogP contribution in [0.5, 0.6) is 0 Å². The molecular formula is C21H36N4O5. The average molecular weight is 425 g/mol. The second kappa shape index (κ2) is 10.1. The quantitative estimate of drug-likeness (QED) is 0.668. The molecule has 2 aliphatic rings. The molecule has 2 aliphatic heterocycles. The number of nitrogens with zero attached hydrogens (tertiary/aromatic N) is 2. The normalized spacial score (nSPS) is 20.5. The summed E-state index contributed by atoms with van der Waals surface area (Å²) >= 11 is 0. The van der Waals surface area contributed by atoms with E-state index in [4.69, 9.17) is 4.74 Å². The zero-order chi connectivity index (χ0) is 22.5. The Morgan fingerprint density at radius 1 is 1.17 bits per heavy atom. The van der Waals surface area contributed by atoms with Crippen molar-refractivity contribution < 1.29 is 23.9 Å². The van der Waals surface area contributed by atoms with Crippen LogP contribution in [0.3, 0.4) is 0 Å². The number of nitrogens with one attached hydrogen (secondary N) is 2. The zero-order valence-corrected chi connectivity index (χ0v) is 18.8. The highest BCUT2D eigenvalue weighted by atomic mass is 16.6. The van der Waals surface area contributed by atoms with Gasteiger partial charge in [0.25, 0.3) is 0 Å². The van der Waals surface area contributed by atoms with Crippen LogP contribution in [0, 0.1) is 5.92 Å². The molecule has 1 atom stereocenters. The fourth-order valence-electron chi connectivity index (χ4n) is 3.74. The molecule has 170 valence electrons. The van der Waals surface area contributed by atoms with Gasteiger partial charge in [-0.15, -0.1) is 0 Å². The smallest absolute Gasteiger partial charge is 0.407 e. The first-order chi connectivity index (χ1) is 14.0. The molecule has 0 bridgehead atoms. The number of carbonyl (C=O) groups is 4. The van der Waals surface area contributed by atoms with Gasteiger partial charge in [-0.1, -0.05) is 0 Å². The predicted molar refractivity (Wildman–Crippen MR) is 112 cm³/mol. The second-order valence-electron chi connectivity index (χ2n) is 9.38. The lowest BCUT2D eigenvalue weighted by Gasteiger charge is -2.33. The van der Waals surface area contributed by atoms with Crippen LogP contribution in [0.25, 0.3) is 0 Å². The molecule has 2 rings (SSSR count). The Balaban J connectivity index is 1.67. The Morgan fingerprint density at radius 3 is 2.33 bits per heavy atom. The molecule has 2 fully saturated rings. The van der Waals surface area contributed by atoms with Crippen molar-refractivity contribution in [3.63, 3.8) is 0 Å². The van der Waals surface area contributed by atoms with Gasteiger partial charge in [0.05, 0.1) is 5.92 Å². The summed E-state index contributed by atoms with van der Waals surface area (Å²) in [5.74, 6) is -0.355. The number of alkyl carbamates (subject to hydrolysis) is 1. The summed E-state index contributed by atoms with van der Waals surface area (Å²) in [6.45, 7) is 11.1. The standard InChI is InChI=1S/C21H36N4O5/c1-14(2)25-13-15(12-18(25)27)19(28)23-16-7-10-24(11-8-16)17(26)6-9-22-20(29)30-21(3,4)5/h14-16H,6-13H2,1-5H3,(H,22,29)(H,23,28). The molecule has 0 saturated carbocycles. The van der Waals surface area contributed by atoms with Gasteiger partial charge in [-0.3, -0.25) is 14.4 Å². The number of piperidine rings is 1. The minimum Gasteiger partial charge on any atom is -0.444 e. The van der Waals surface area contributed by atoms with Crippen molar-refractivity contribution in [2.24, 2.45) is 5.92 Å². The van der Waals surface area contributed by atoms with Crippen molar-refractivity contribution in [2.75, 3.05) is 26.2 Å². The third kappa shape index (κ3) is 7.18. The largest absolute Gasteiger partial charge is 0.444 e. The molecule has 9 nitrogen and oxygen atoms in total. The lowest BCUT2D eigenvalue weighted by molar-refractivity contribution is -0.132. The van der Waals surface area contributed by atoms with Crippen molar-refractivity contribution >= 4 is 23.8 Å². The van der Waals surface area contributed by atoms with Crippen LogP contribution in [0.1, 0.15) is 60.3 Å². The van der Waals surface area contributed by atoms with E-state index < -0.39 is 11.7 Å². The number of ether oxygens (including phenoxy) is 1. The van der Waals surface area contributed by atoms with Gasteiger partial charge in [0.2, 0.25) is 17.7 Å². The molecule has 1 unspecified atom stereocenters. The van der Waals surface area contributed by atoms with Crippen LogP contribution in [-0.2, 0) is 19.1 Å². The third-order valence-electron chi connectivity index (χ3n) is 5.35. The van der Waals surface area contributed by atoms with Crippen LogP contribution < -0.4 is 10.6 Å². The van der Waals surface area contributed by atoms with Gasteiger partial charge < -0.3 is 25.2 Å². The number of amides is 4. The van der Waals surface area contributed by atoms with Gasteiger partial charge in [0.15, 0.2) is 0 Å². The van der Waals surface area contributed by atoms with Crippen molar-refractivity contribution in [3.05, 3.63) is 0 Å². The number of hydrogen-bond donors (Lipinski definition) is 2. The average Bonchev–Trinajstić information content (AvgIpc) is 3.03. The van der Waals surface area contributed by atoms with E-state index in [9.17, 15) is 19.2 Å². The molecule has 9 heteroatoms. The molecular weight excluding hydrogens is 388 g/mol. The van der Waals surface area contributed by atoms with Gasteiger partial charge in [-0.05, 0) is 47.5 Å². The topological polar surface area (TPSA) is 108 Å². The highest BCUT2D eigenvalue weighted by Gasteiger charge is 2.36. The van der Waals surface area contributed by atoms with Gasteiger partial charge in [0, 0.05) is 51.1 Å². The van der Waals surface area contributed by atoms with Crippen molar-refractivity contribution in [3.8, 4) is 0 Å². The summed E-state index contributed by atoms with van der Waals surface area (Å²) in [4.78, 5) is 52.0. The van der Waals surface area contributed by atoms with E-state index in [1.54, 1.807) is 30.6 Å². The van der Waals surface area contributed by atoms with E-state index in [-0.39, 0.29) is 55.1 Å². The number of carbonyl (C=O) groups excluding carboxylic acids is 4. The molecule has 0 aromatic rings. The number of likely N-dealkylation sites (tertiary alicyclic amines) is 2. The molecule has 0 aromatic carbocycles. The van der Waals surface area contributed by atoms with Gasteiger partial charge >= 0.3 is 6.09 Å². The first-order valence-corrected chi connectivity index (χ1v) is 10.8. The van der Waals surface area contributed by atoms with Gasteiger partial charge in [-0.25, -0.2) is 4.79 Å². The van der Waals surface area contributed by atoms with Crippen molar-refractivity contribution in [2.45, 2.75) is 78.0 Å². The van der Waals surface area contributed by atoms with E-state index in [1.807, 2.05) is 13.8 Å². The second-order valence-corrected chi connectivity index (χ2v) is 9.38. The molecule has 2 heterocycles. The summed E-state index contributed by atoms with van der Waals surface area (Å²) in [6, 6.07) is 0.124. The minimum absolute atomic E-state index is 0.0182. The molecule has 0 radical (unpaired) electrons. The predicted octanol–water partition coefficient (Wildman–Crippen LogP) is 1.27. The molecule has 0 aromatic heterocycles. The van der Waals surface area contributed by atoms with E-state index in [0.29, 0.717) is 32.5 Å². The Labute approximate surface area is 178 Å². The van der Waals surface area contributed by atoms with Crippen LogP contribution in [-0.4, -0.2) is 77.5 Å². The highest BCUT2D eigenvalue weighted by Crippen LogP contribution is 2.21. The van der Waals surface area contributed by atoms with Crippen LogP contribution >= 0.6 is 0 Å². The maximum atomic E-state index is 12.5. The molecule has 30 heavy (non-hydrogen) atoms. The fourth-order valence-corrected chi connectivity index (χ4v) is 3.74. The Morgan fingerprint density at radius 2 is 1.80 bits per heavy atom. The number of hydrogen-bond acceptors (Lipinski definition) is 5. The monoisotopic (exact) mass is 424 g/mol. The van der Waals surface area contributed by atoms with Crippen molar-refractivity contribution in [1.82, 2.24) is 20.4 Å². The lowest BCUT2D eigenvalue weighted by Crippen LogP contribution is -2.48. The fraction of sp³-hybridized carbons (Fsp3) is 0.810. The Hall–Kier alpha value is -2.32. The van der Waals surface area contributed by atoms with Gasteiger partial charge in [-0.2, -0.15) is 0 Å². The van der Waals surface area contributed by atoms with Crippen molar-refractivity contribution in [1.29, 1.82) is 0 Å². The maximum absolute atomic E-state index is 12.5. The lowest BCUT2D eigenvalue weighted by atomic mass is 10.0. The van der Waals surface area contributed by atoms with Crippen LogP contribution in [0.4, 0.5) is 4.79 Å². The summed E-state index contributed by atoms with van der Waals surface area (Å²) in [5, 5.41) is 5.64. The summed E-state index contributed by atoms with van der Waals surface area (Å²) in [6.07, 6.45) is 1.33. The zero-order valence-electron chi connectivity index (χ0n) is 18.8. The Kier molecular flexibility index (Phi) is 8.09. The molecule has 2 saturated heterocycles. The highest BCUT2D eigenvalue weighted by molar-refractivity contribution is 5.89. The van der Waals surface area contributed by atoms with E-state index in [0.717, 1.165) is 0 Å². The molecule has 0 spiro atoms. The SMILES string of the molecule is CC(C)N1CC(C(=O)NC2CCN(C(=O)CCNC(=O)OC(C)(C)C)CC2)CC1=O.